The highest BCUT2D eigenvalue weighted by atomic mass is 16.2. The first-order chi connectivity index (χ1) is 9.20. The highest BCUT2D eigenvalue weighted by molar-refractivity contribution is 5.83. The second-order valence-corrected chi connectivity index (χ2v) is 6.56. The first-order valence-corrected chi connectivity index (χ1v) is 8.22. The number of hydrogen-bond donors (Lipinski definition) is 2. The van der Waals surface area contributed by atoms with Crippen molar-refractivity contribution < 1.29 is 4.79 Å². The Hall–Kier alpha value is -0.570. The van der Waals surface area contributed by atoms with Crippen LogP contribution >= 0.6 is 0 Å². The molecule has 1 saturated heterocycles. The third kappa shape index (κ3) is 3.50. The molecule has 1 amide bonds. The average Bonchev–Trinajstić information content (AvgIpc) is 2.90. The zero-order chi connectivity index (χ0) is 13.7. The van der Waals surface area contributed by atoms with Gasteiger partial charge in [0.25, 0.3) is 0 Å². The summed E-state index contributed by atoms with van der Waals surface area (Å²) in [5, 5.41) is 6.72. The monoisotopic (exact) mass is 266 g/mol. The van der Waals surface area contributed by atoms with Crippen molar-refractivity contribution in [1.82, 2.24) is 10.6 Å². The van der Waals surface area contributed by atoms with E-state index in [4.69, 9.17) is 0 Å². The third-order valence-electron chi connectivity index (χ3n) is 5.21. The van der Waals surface area contributed by atoms with E-state index in [1.165, 1.54) is 32.1 Å². The van der Waals surface area contributed by atoms with Gasteiger partial charge in [-0.25, -0.2) is 0 Å². The summed E-state index contributed by atoms with van der Waals surface area (Å²) in [4.78, 5) is 12.6. The zero-order valence-corrected chi connectivity index (χ0v) is 12.6. The van der Waals surface area contributed by atoms with Crippen LogP contribution in [0.25, 0.3) is 0 Å². The number of amides is 1. The molecule has 0 aromatic carbocycles. The molecule has 1 atom stereocenters. The van der Waals surface area contributed by atoms with Crippen molar-refractivity contribution in [3.8, 4) is 0 Å². The van der Waals surface area contributed by atoms with Crippen LogP contribution < -0.4 is 10.6 Å². The molecule has 2 aliphatic rings. The van der Waals surface area contributed by atoms with Gasteiger partial charge < -0.3 is 10.6 Å². The van der Waals surface area contributed by atoms with Crippen molar-refractivity contribution in [2.75, 3.05) is 13.1 Å². The Kier molecular flexibility index (Phi) is 5.26. The minimum atomic E-state index is -0.115. The van der Waals surface area contributed by atoms with Crippen LogP contribution in [0.3, 0.4) is 0 Å². The van der Waals surface area contributed by atoms with Crippen molar-refractivity contribution in [2.45, 2.75) is 71.3 Å². The number of nitrogens with one attached hydrogen (secondary N) is 2. The van der Waals surface area contributed by atoms with Crippen molar-refractivity contribution in [3.63, 3.8) is 0 Å². The fourth-order valence-electron chi connectivity index (χ4n) is 3.80. The molecule has 0 radical (unpaired) electrons. The van der Waals surface area contributed by atoms with Crippen molar-refractivity contribution >= 4 is 5.91 Å². The molecule has 19 heavy (non-hydrogen) atoms. The van der Waals surface area contributed by atoms with Crippen LogP contribution in [0.2, 0.25) is 0 Å². The highest BCUT2D eigenvalue weighted by Gasteiger charge is 2.41. The maximum Gasteiger partial charge on any atom is 0.227 e. The molecule has 1 heterocycles. The van der Waals surface area contributed by atoms with Crippen LogP contribution in [0.4, 0.5) is 0 Å². The number of rotatable bonds is 5. The summed E-state index contributed by atoms with van der Waals surface area (Å²) in [6, 6.07) is 0.435. The molecule has 110 valence electrons. The SMILES string of the molecule is CCCC1(C(=O)NC2CCC(CC)CC2)CCNC1. The van der Waals surface area contributed by atoms with Crippen molar-refractivity contribution in [3.05, 3.63) is 0 Å². The lowest BCUT2D eigenvalue weighted by Gasteiger charge is -2.33. The Balaban J connectivity index is 1.86. The third-order valence-corrected chi connectivity index (χ3v) is 5.21. The van der Waals surface area contributed by atoms with Crippen molar-refractivity contribution in [2.24, 2.45) is 11.3 Å². The van der Waals surface area contributed by atoms with E-state index in [1.54, 1.807) is 0 Å². The Morgan fingerprint density at radius 2 is 2.00 bits per heavy atom. The predicted octanol–water partition coefficient (Wildman–Crippen LogP) is 2.85. The number of carbonyl (C=O) groups excluding carboxylic acids is 1. The van der Waals surface area contributed by atoms with Gasteiger partial charge in [-0.2, -0.15) is 0 Å². The largest absolute Gasteiger partial charge is 0.353 e. The maximum absolute atomic E-state index is 12.6. The molecule has 0 aromatic heterocycles. The lowest BCUT2D eigenvalue weighted by atomic mass is 9.80. The molecular weight excluding hydrogens is 236 g/mol. The lowest BCUT2D eigenvalue weighted by molar-refractivity contribution is -0.131. The summed E-state index contributed by atoms with van der Waals surface area (Å²) in [5.41, 5.74) is -0.115. The van der Waals surface area contributed by atoms with Crippen LogP contribution in [0.1, 0.15) is 65.2 Å². The van der Waals surface area contributed by atoms with Gasteiger partial charge in [-0.15, -0.1) is 0 Å². The molecule has 2 N–H and O–H groups in total. The van der Waals surface area contributed by atoms with Gasteiger partial charge in [0, 0.05) is 12.6 Å². The predicted molar refractivity (Wildman–Crippen MR) is 79.0 cm³/mol. The average molecular weight is 266 g/mol. The number of carbonyl (C=O) groups is 1. The van der Waals surface area contributed by atoms with Gasteiger partial charge >= 0.3 is 0 Å². The molecule has 0 spiro atoms. The Morgan fingerprint density at radius 3 is 2.53 bits per heavy atom. The first-order valence-electron chi connectivity index (χ1n) is 8.22. The summed E-state index contributed by atoms with van der Waals surface area (Å²) < 4.78 is 0. The van der Waals surface area contributed by atoms with E-state index in [1.807, 2.05) is 0 Å². The molecule has 3 heteroatoms. The second-order valence-electron chi connectivity index (χ2n) is 6.56. The quantitative estimate of drug-likeness (QED) is 0.803. The molecule has 3 nitrogen and oxygen atoms in total. The van der Waals surface area contributed by atoms with E-state index < -0.39 is 0 Å². The van der Waals surface area contributed by atoms with E-state index in [2.05, 4.69) is 24.5 Å². The van der Waals surface area contributed by atoms with Crippen LogP contribution in [0, 0.1) is 11.3 Å². The van der Waals surface area contributed by atoms with Gasteiger partial charge in [0.2, 0.25) is 5.91 Å². The molecule has 0 bridgehead atoms. The molecule has 0 aromatic rings. The zero-order valence-electron chi connectivity index (χ0n) is 12.6. The van der Waals surface area contributed by atoms with E-state index in [-0.39, 0.29) is 5.41 Å². The van der Waals surface area contributed by atoms with Crippen LogP contribution in [0.15, 0.2) is 0 Å². The minimum absolute atomic E-state index is 0.115. The summed E-state index contributed by atoms with van der Waals surface area (Å²) in [6.45, 7) is 6.33. The molecule has 2 fully saturated rings. The van der Waals surface area contributed by atoms with Gasteiger partial charge in [-0.3, -0.25) is 4.79 Å². The fraction of sp³-hybridized carbons (Fsp3) is 0.938. The topological polar surface area (TPSA) is 41.1 Å². The second kappa shape index (κ2) is 6.74. The normalized spacial score (nSPS) is 35.3. The first kappa shape index (κ1) is 14.8. The van der Waals surface area contributed by atoms with Gasteiger partial charge in [0.05, 0.1) is 5.41 Å². The molecule has 1 saturated carbocycles. The van der Waals surface area contributed by atoms with Crippen LogP contribution in [0.5, 0.6) is 0 Å². The van der Waals surface area contributed by atoms with Gasteiger partial charge in [0.15, 0.2) is 0 Å². The molecular formula is C16H30N2O. The molecule has 2 rings (SSSR count). The highest BCUT2D eigenvalue weighted by Crippen LogP contribution is 2.33. The van der Waals surface area contributed by atoms with Gasteiger partial charge in [0.1, 0.15) is 0 Å². The summed E-state index contributed by atoms with van der Waals surface area (Å²) in [5.74, 6) is 1.21. The van der Waals surface area contributed by atoms with Gasteiger partial charge in [-0.05, 0) is 51.0 Å². The fourth-order valence-corrected chi connectivity index (χ4v) is 3.80. The Bertz CT molecular complexity index is 289. The smallest absolute Gasteiger partial charge is 0.227 e. The maximum atomic E-state index is 12.6. The van der Waals surface area contributed by atoms with E-state index in [0.29, 0.717) is 11.9 Å². The molecule has 1 unspecified atom stereocenters. The van der Waals surface area contributed by atoms with Crippen LogP contribution in [-0.2, 0) is 4.79 Å². The summed E-state index contributed by atoms with van der Waals surface area (Å²) in [7, 11) is 0. The number of hydrogen-bond acceptors (Lipinski definition) is 2. The standard InChI is InChI=1S/C16H30N2O/c1-3-9-16(10-11-17-12-16)15(19)18-14-7-5-13(4-2)6-8-14/h13-14,17H,3-12H2,1-2H3,(H,18,19). The van der Waals surface area contributed by atoms with E-state index >= 15 is 0 Å². The van der Waals surface area contributed by atoms with Crippen LogP contribution in [-0.4, -0.2) is 25.0 Å². The lowest BCUT2D eigenvalue weighted by Crippen LogP contribution is -2.47. The summed E-state index contributed by atoms with van der Waals surface area (Å²) >= 11 is 0. The van der Waals surface area contributed by atoms with Crippen molar-refractivity contribution in [1.29, 1.82) is 0 Å². The van der Waals surface area contributed by atoms with Gasteiger partial charge in [-0.1, -0.05) is 26.7 Å². The Labute approximate surface area is 117 Å². The minimum Gasteiger partial charge on any atom is -0.353 e. The van der Waals surface area contributed by atoms with E-state index in [9.17, 15) is 4.79 Å². The Morgan fingerprint density at radius 1 is 1.26 bits per heavy atom. The molecule has 1 aliphatic heterocycles. The van der Waals surface area contributed by atoms with E-state index in [0.717, 1.165) is 38.3 Å². The summed E-state index contributed by atoms with van der Waals surface area (Å²) in [6.07, 6.45) is 9.37. The molecule has 1 aliphatic carbocycles.